The minimum Gasteiger partial charge on any atom is -0.350 e. The van der Waals surface area contributed by atoms with Gasteiger partial charge in [-0.25, -0.2) is 9.07 Å². The second-order valence-electron chi connectivity index (χ2n) is 4.53. The molecule has 8 heteroatoms. The fourth-order valence-corrected chi connectivity index (χ4v) is 2.10. The van der Waals surface area contributed by atoms with Gasteiger partial charge in [0.1, 0.15) is 18.1 Å². The molecule has 0 fully saturated rings. The highest BCUT2D eigenvalue weighted by atomic mass is 19.1. The van der Waals surface area contributed by atoms with Gasteiger partial charge in [0.2, 0.25) is 0 Å². The molecule has 4 rings (SSSR count). The van der Waals surface area contributed by atoms with Gasteiger partial charge in [-0.2, -0.15) is 4.98 Å². The molecule has 0 amide bonds. The van der Waals surface area contributed by atoms with Crippen molar-refractivity contribution in [3.8, 4) is 11.6 Å². The Morgan fingerprint density at radius 3 is 3.10 bits per heavy atom. The molecule has 0 aliphatic carbocycles. The third-order valence-corrected chi connectivity index (χ3v) is 3.06. The van der Waals surface area contributed by atoms with Crippen molar-refractivity contribution in [3.63, 3.8) is 0 Å². The molecule has 0 aliphatic rings. The molecule has 0 saturated heterocycles. The van der Waals surface area contributed by atoms with Crippen LogP contribution in [0.25, 0.3) is 22.5 Å². The fraction of sp³-hybridized carbons (Fsp3) is 0.0769. The number of hydrogen-bond donors (Lipinski definition) is 1. The van der Waals surface area contributed by atoms with Crippen LogP contribution in [0, 0.1) is 5.82 Å². The standard InChI is InChI=1S/C13H9FN6O/c14-9-2-1-8-5-11(16-10(8)6-9)13-17-12(18-21-13)7-20-4-3-15-19-20/h1-6,16H,7H2. The number of hydrogen-bond acceptors (Lipinski definition) is 5. The molecule has 3 aromatic heterocycles. The molecule has 0 saturated carbocycles. The summed E-state index contributed by atoms with van der Waals surface area (Å²) in [5, 5.41) is 12.3. The quantitative estimate of drug-likeness (QED) is 0.622. The summed E-state index contributed by atoms with van der Waals surface area (Å²) in [7, 11) is 0. The lowest BCUT2D eigenvalue weighted by molar-refractivity contribution is 0.417. The highest BCUT2D eigenvalue weighted by Crippen LogP contribution is 2.23. The van der Waals surface area contributed by atoms with Gasteiger partial charge in [0.25, 0.3) is 5.89 Å². The Labute approximate surface area is 117 Å². The molecule has 1 N–H and O–H groups in total. The van der Waals surface area contributed by atoms with E-state index in [-0.39, 0.29) is 5.82 Å². The van der Waals surface area contributed by atoms with Crippen LogP contribution >= 0.6 is 0 Å². The number of halogens is 1. The first-order chi connectivity index (χ1) is 10.3. The van der Waals surface area contributed by atoms with E-state index in [4.69, 9.17) is 4.52 Å². The topological polar surface area (TPSA) is 85.4 Å². The van der Waals surface area contributed by atoms with E-state index in [9.17, 15) is 4.39 Å². The SMILES string of the molecule is Fc1ccc2cc(-c3nc(Cn4ccnn4)no3)[nH]c2c1. The number of rotatable bonds is 3. The van der Waals surface area contributed by atoms with Crippen molar-refractivity contribution >= 4 is 10.9 Å². The lowest BCUT2D eigenvalue weighted by Crippen LogP contribution is -2.02. The van der Waals surface area contributed by atoms with Gasteiger partial charge in [-0.05, 0) is 24.3 Å². The first-order valence-corrected chi connectivity index (χ1v) is 6.23. The lowest BCUT2D eigenvalue weighted by atomic mass is 10.2. The van der Waals surface area contributed by atoms with Gasteiger partial charge in [0.05, 0.1) is 6.20 Å². The fourth-order valence-electron chi connectivity index (χ4n) is 2.10. The highest BCUT2D eigenvalue weighted by Gasteiger charge is 2.12. The summed E-state index contributed by atoms with van der Waals surface area (Å²) < 4.78 is 20.0. The normalized spacial score (nSPS) is 11.3. The van der Waals surface area contributed by atoms with E-state index in [0.717, 1.165) is 5.39 Å². The third kappa shape index (κ3) is 2.16. The van der Waals surface area contributed by atoms with E-state index < -0.39 is 0 Å². The van der Waals surface area contributed by atoms with Crippen LogP contribution in [-0.2, 0) is 6.54 Å². The Morgan fingerprint density at radius 1 is 1.29 bits per heavy atom. The van der Waals surface area contributed by atoms with Crippen molar-refractivity contribution in [2.45, 2.75) is 6.54 Å². The van der Waals surface area contributed by atoms with Crippen LogP contribution in [0.4, 0.5) is 4.39 Å². The molecule has 0 unspecified atom stereocenters. The van der Waals surface area contributed by atoms with E-state index in [2.05, 4.69) is 25.4 Å². The average Bonchev–Trinajstić information content (AvgIpc) is 3.18. The number of aromatic amines is 1. The van der Waals surface area contributed by atoms with Crippen LogP contribution in [0.3, 0.4) is 0 Å². The van der Waals surface area contributed by atoms with E-state index in [1.54, 1.807) is 23.1 Å². The molecular weight excluding hydrogens is 275 g/mol. The Bertz CT molecular complexity index is 895. The number of nitrogens with one attached hydrogen (secondary N) is 1. The summed E-state index contributed by atoms with van der Waals surface area (Å²) in [5.74, 6) is 0.537. The van der Waals surface area contributed by atoms with Crippen molar-refractivity contribution in [2.75, 3.05) is 0 Å². The van der Waals surface area contributed by atoms with E-state index in [1.165, 1.54) is 12.1 Å². The van der Waals surface area contributed by atoms with Crippen molar-refractivity contribution in [1.82, 2.24) is 30.1 Å². The Morgan fingerprint density at radius 2 is 2.24 bits per heavy atom. The first kappa shape index (κ1) is 11.8. The van der Waals surface area contributed by atoms with Crippen LogP contribution < -0.4 is 0 Å². The molecule has 0 spiro atoms. The monoisotopic (exact) mass is 284 g/mol. The number of fused-ring (bicyclic) bond motifs is 1. The summed E-state index contributed by atoms with van der Waals surface area (Å²) in [4.78, 5) is 7.34. The predicted octanol–water partition coefficient (Wildman–Crippen LogP) is 2.00. The van der Waals surface area contributed by atoms with Gasteiger partial charge < -0.3 is 9.51 Å². The summed E-state index contributed by atoms with van der Waals surface area (Å²) in [6.45, 7) is 0.373. The van der Waals surface area contributed by atoms with Crippen molar-refractivity contribution < 1.29 is 8.91 Å². The van der Waals surface area contributed by atoms with E-state index >= 15 is 0 Å². The molecule has 0 aliphatic heterocycles. The minimum absolute atomic E-state index is 0.298. The van der Waals surface area contributed by atoms with Crippen LogP contribution in [0.2, 0.25) is 0 Å². The van der Waals surface area contributed by atoms with Crippen molar-refractivity contribution in [2.24, 2.45) is 0 Å². The predicted molar refractivity (Wildman–Crippen MR) is 70.7 cm³/mol. The summed E-state index contributed by atoms with van der Waals surface area (Å²) in [6, 6.07) is 6.36. The average molecular weight is 284 g/mol. The maximum atomic E-state index is 13.2. The second-order valence-corrected chi connectivity index (χ2v) is 4.53. The molecule has 104 valence electrons. The Kier molecular flexibility index (Phi) is 2.53. The molecule has 7 nitrogen and oxygen atoms in total. The molecule has 0 bridgehead atoms. The van der Waals surface area contributed by atoms with E-state index in [0.29, 0.717) is 29.5 Å². The third-order valence-electron chi connectivity index (χ3n) is 3.06. The molecule has 3 heterocycles. The largest absolute Gasteiger partial charge is 0.350 e. The zero-order valence-electron chi connectivity index (χ0n) is 10.7. The lowest BCUT2D eigenvalue weighted by Gasteiger charge is -1.91. The van der Waals surface area contributed by atoms with E-state index in [1.807, 2.05) is 6.07 Å². The number of nitrogens with zero attached hydrogens (tertiary/aromatic N) is 5. The van der Waals surface area contributed by atoms with Gasteiger partial charge in [0.15, 0.2) is 5.82 Å². The maximum Gasteiger partial charge on any atom is 0.274 e. The second kappa shape index (κ2) is 4.51. The summed E-state index contributed by atoms with van der Waals surface area (Å²) in [6.07, 6.45) is 3.29. The molecule has 21 heavy (non-hydrogen) atoms. The molecule has 1 aromatic carbocycles. The minimum atomic E-state index is -0.298. The smallest absolute Gasteiger partial charge is 0.274 e. The first-order valence-electron chi connectivity index (χ1n) is 6.23. The highest BCUT2D eigenvalue weighted by molar-refractivity contribution is 5.84. The summed E-state index contributed by atoms with van der Waals surface area (Å²) >= 11 is 0. The van der Waals surface area contributed by atoms with Crippen molar-refractivity contribution in [3.05, 3.63) is 48.3 Å². The number of aromatic nitrogens is 6. The Hall–Kier alpha value is -3.03. The zero-order chi connectivity index (χ0) is 14.2. The van der Waals surface area contributed by atoms with Crippen LogP contribution in [0.1, 0.15) is 5.82 Å². The Balaban J connectivity index is 1.67. The molecule has 0 radical (unpaired) electrons. The van der Waals surface area contributed by atoms with Crippen LogP contribution in [0.5, 0.6) is 0 Å². The molecule has 0 atom stereocenters. The number of H-pyrrole nitrogens is 1. The molecular formula is C13H9FN6O. The zero-order valence-corrected chi connectivity index (χ0v) is 10.7. The van der Waals surface area contributed by atoms with Crippen molar-refractivity contribution in [1.29, 1.82) is 0 Å². The van der Waals surface area contributed by atoms with Gasteiger partial charge in [-0.1, -0.05) is 10.4 Å². The van der Waals surface area contributed by atoms with Gasteiger partial charge in [-0.3, -0.25) is 0 Å². The van der Waals surface area contributed by atoms with Gasteiger partial charge in [-0.15, -0.1) is 5.10 Å². The summed E-state index contributed by atoms with van der Waals surface area (Å²) in [5.41, 5.74) is 1.33. The van der Waals surface area contributed by atoms with Crippen LogP contribution in [-0.4, -0.2) is 30.1 Å². The number of benzene rings is 1. The van der Waals surface area contributed by atoms with Gasteiger partial charge in [0, 0.05) is 17.1 Å². The maximum absolute atomic E-state index is 13.2. The molecule has 4 aromatic rings. The van der Waals surface area contributed by atoms with Crippen LogP contribution in [0.15, 0.2) is 41.2 Å². The van der Waals surface area contributed by atoms with Gasteiger partial charge >= 0.3 is 0 Å².